The molecule has 0 fully saturated rings. The van der Waals surface area contributed by atoms with Crippen molar-refractivity contribution < 1.29 is 0 Å². The van der Waals surface area contributed by atoms with Gasteiger partial charge in [-0.15, -0.1) is 5.10 Å². The van der Waals surface area contributed by atoms with E-state index in [-0.39, 0.29) is 6.04 Å². The highest BCUT2D eigenvalue weighted by Crippen LogP contribution is 2.28. The van der Waals surface area contributed by atoms with Gasteiger partial charge in [-0.3, -0.25) is 4.98 Å². The van der Waals surface area contributed by atoms with Gasteiger partial charge in [-0.25, -0.2) is 0 Å². The average molecular weight is 357 g/mol. The summed E-state index contributed by atoms with van der Waals surface area (Å²) in [4.78, 5) is 4.52. The fourth-order valence-electron chi connectivity index (χ4n) is 3.26. The SMILES string of the molecule is CCc1nnc(NC(c2cccc(C)c2)c2ccccn2)c(C#N)c1CC. The molecule has 3 rings (SSSR count). The Labute approximate surface area is 160 Å². The lowest BCUT2D eigenvalue weighted by Gasteiger charge is -2.21. The Morgan fingerprint density at radius 1 is 1.07 bits per heavy atom. The van der Waals surface area contributed by atoms with E-state index in [0.29, 0.717) is 11.4 Å². The molecule has 136 valence electrons. The zero-order valence-corrected chi connectivity index (χ0v) is 15.9. The second-order valence-electron chi connectivity index (χ2n) is 6.41. The first-order valence-corrected chi connectivity index (χ1v) is 9.20. The van der Waals surface area contributed by atoms with Crippen LogP contribution in [0.2, 0.25) is 0 Å². The van der Waals surface area contributed by atoms with Crippen molar-refractivity contribution in [3.05, 3.63) is 82.3 Å². The van der Waals surface area contributed by atoms with E-state index in [0.717, 1.165) is 40.9 Å². The maximum Gasteiger partial charge on any atom is 0.167 e. The molecule has 1 aromatic carbocycles. The van der Waals surface area contributed by atoms with Crippen LogP contribution in [-0.4, -0.2) is 15.2 Å². The number of nitrogens with zero attached hydrogens (tertiary/aromatic N) is 4. The first-order valence-electron chi connectivity index (χ1n) is 9.20. The number of nitriles is 1. The molecule has 0 bridgehead atoms. The van der Waals surface area contributed by atoms with E-state index in [1.165, 1.54) is 0 Å². The average Bonchev–Trinajstić information content (AvgIpc) is 2.71. The number of hydrogen-bond donors (Lipinski definition) is 1. The van der Waals surface area contributed by atoms with Crippen LogP contribution in [0.1, 0.15) is 53.5 Å². The van der Waals surface area contributed by atoms with Gasteiger partial charge in [0.15, 0.2) is 5.82 Å². The molecule has 0 spiro atoms. The van der Waals surface area contributed by atoms with Crippen LogP contribution in [0.3, 0.4) is 0 Å². The van der Waals surface area contributed by atoms with Crippen molar-refractivity contribution in [3.63, 3.8) is 0 Å². The molecule has 0 aliphatic rings. The van der Waals surface area contributed by atoms with Gasteiger partial charge < -0.3 is 5.32 Å². The number of rotatable bonds is 6. The van der Waals surface area contributed by atoms with E-state index < -0.39 is 0 Å². The second kappa shape index (κ2) is 8.41. The summed E-state index contributed by atoms with van der Waals surface area (Å²) >= 11 is 0. The van der Waals surface area contributed by atoms with Gasteiger partial charge in [0, 0.05) is 6.20 Å². The summed E-state index contributed by atoms with van der Waals surface area (Å²) in [6.45, 7) is 6.13. The van der Waals surface area contributed by atoms with Crippen LogP contribution in [-0.2, 0) is 12.8 Å². The molecule has 3 aromatic rings. The lowest BCUT2D eigenvalue weighted by atomic mass is 9.99. The summed E-state index contributed by atoms with van der Waals surface area (Å²) < 4.78 is 0. The number of benzene rings is 1. The first-order chi connectivity index (χ1) is 13.2. The van der Waals surface area contributed by atoms with Gasteiger partial charge in [0.25, 0.3) is 0 Å². The Balaban J connectivity index is 2.09. The minimum atomic E-state index is -0.218. The van der Waals surface area contributed by atoms with E-state index in [9.17, 15) is 5.26 Å². The quantitative estimate of drug-likeness (QED) is 0.709. The highest BCUT2D eigenvalue weighted by Gasteiger charge is 2.21. The van der Waals surface area contributed by atoms with Gasteiger partial charge in [0.1, 0.15) is 11.6 Å². The predicted molar refractivity (Wildman–Crippen MR) is 106 cm³/mol. The fourth-order valence-corrected chi connectivity index (χ4v) is 3.26. The Morgan fingerprint density at radius 2 is 1.93 bits per heavy atom. The summed E-state index contributed by atoms with van der Waals surface area (Å²) in [5, 5.41) is 21.9. The van der Waals surface area contributed by atoms with Crippen LogP contribution >= 0.6 is 0 Å². The maximum atomic E-state index is 9.78. The smallest absolute Gasteiger partial charge is 0.167 e. The maximum absolute atomic E-state index is 9.78. The van der Waals surface area contributed by atoms with Gasteiger partial charge in [0.2, 0.25) is 0 Å². The molecule has 0 aliphatic carbocycles. The largest absolute Gasteiger partial charge is 0.355 e. The lowest BCUT2D eigenvalue weighted by Crippen LogP contribution is -2.17. The number of anilines is 1. The first kappa shape index (κ1) is 18.5. The molecule has 27 heavy (non-hydrogen) atoms. The van der Waals surface area contributed by atoms with E-state index in [4.69, 9.17) is 0 Å². The molecule has 1 atom stereocenters. The van der Waals surface area contributed by atoms with Gasteiger partial charge in [-0.05, 0) is 43.0 Å². The molecule has 1 N–H and O–H groups in total. The second-order valence-corrected chi connectivity index (χ2v) is 6.41. The minimum absolute atomic E-state index is 0.218. The van der Waals surface area contributed by atoms with E-state index >= 15 is 0 Å². The Morgan fingerprint density at radius 3 is 2.56 bits per heavy atom. The molecule has 0 radical (unpaired) electrons. The van der Waals surface area contributed by atoms with Crippen molar-refractivity contribution in [1.29, 1.82) is 5.26 Å². The van der Waals surface area contributed by atoms with Crippen molar-refractivity contribution in [1.82, 2.24) is 15.2 Å². The molecule has 2 heterocycles. The summed E-state index contributed by atoms with van der Waals surface area (Å²) in [6.07, 6.45) is 3.27. The van der Waals surface area contributed by atoms with Crippen LogP contribution in [0.15, 0.2) is 48.7 Å². The van der Waals surface area contributed by atoms with Crippen molar-refractivity contribution >= 4 is 5.82 Å². The number of nitrogens with one attached hydrogen (secondary N) is 1. The molecule has 5 nitrogen and oxygen atoms in total. The normalized spacial score (nSPS) is 11.6. The molecule has 5 heteroatoms. The highest BCUT2D eigenvalue weighted by molar-refractivity contribution is 5.58. The Bertz CT molecular complexity index is 960. The van der Waals surface area contributed by atoms with Gasteiger partial charge in [-0.2, -0.15) is 10.4 Å². The number of pyridine rings is 1. The molecular formula is C22H23N5. The zero-order valence-electron chi connectivity index (χ0n) is 15.9. The number of hydrogen-bond acceptors (Lipinski definition) is 5. The third-order valence-corrected chi connectivity index (χ3v) is 4.60. The Kier molecular flexibility index (Phi) is 5.77. The third-order valence-electron chi connectivity index (χ3n) is 4.60. The zero-order chi connectivity index (χ0) is 19.2. The number of aromatic nitrogens is 3. The molecule has 0 saturated carbocycles. The van der Waals surface area contributed by atoms with Crippen LogP contribution in [0, 0.1) is 18.3 Å². The lowest BCUT2D eigenvalue weighted by molar-refractivity contribution is 0.833. The van der Waals surface area contributed by atoms with Crippen molar-refractivity contribution in [2.75, 3.05) is 5.32 Å². The fraction of sp³-hybridized carbons (Fsp3) is 0.273. The minimum Gasteiger partial charge on any atom is -0.355 e. The van der Waals surface area contributed by atoms with E-state index in [1.54, 1.807) is 6.20 Å². The van der Waals surface area contributed by atoms with E-state index in [1.807, 2.05) is 38.1 Å². The van der Waals surface area contributed by atoms with Crippen molar-refractivity contribution in [3.8, 4) is 6.07 Å². The summed E-state index contributed by atoms with van der Waals surface area (Å²) in [6, 6.07) is 16.2. The number of aryl methyl sites for hydroxylation is 2. The van der Waals surface area contributed by atoms with Gasteiger partial charge in [-0.1, -0.05) is 49.7 Å². The van der Waals surface area contributed by atoms with Crippen LogP contribution in [0.25, 0.3) is 0 Å². The summed E-state index contributed by atoms with van der Waals surface area (Å²) in [7, 11) is 0. The molecule has 0 saturated heterocycles. The summed E-state index contributed by atoms with van der Waals surface area (Å²) in [5.74, 6) is 0.503. The van der Waals surface area contributed by atoms with Crippen molar-refractivity contribution in [2.45, 2.75) is 39.7 Å². The molecule has 2 aromatic heterocycles. The standard InChI is InChI=1S/C22H23N5/c1-4-17-18(14-23)22(27-26-19(17)5-2)25-21(20-11-6-7-12-24-20)16-10-8-9-15(3)13-16/h6-13,21H,4-5H2,1-3H3,(H,25,27). The third kappa shape index (κ3) is 3.95. The molecule has 0 aliphatic heterocycles. The molecular weight excluding hydrogens is 334 g/mol. The van der Waals surface area contributed by atoms with Gasteiger partial charge >= 0.3 is 0 Å². The topological polar surface area (TPSA) is 74.5 Å². The predicted octanol–water partition coefficient (Wildman–Crippen LogP) is 4.38. The van der Waals surface area contributed by atoms with E-state index in [2.05, 4.69) is 51.7 Å². The molecule has 1 unspecified atom stereocenters. The van der Waals surface area contributed by atoms with Gasteiger partial charge in [0.05, 0.1) is 17.4 Å². The Hall–Kier alpha value is -3.26. The van der Waals surface area contributed by atoms with Crippen LogP contribution < -0.4 is 5.32 Å². The highest BCUT2D eigenvalue weighted by atomic mass is 15.2. The summed E-state index contributed by atoms with van der Waals surface area (Å²) in [5.41, 5.74) is 5.50. The van der Waals surface area contributed by atoms with Crippen LogP contribution in [0.4, 0.5) is 5.82 Å². The van der Waals surface area contributed by atoms with Crippen molar-refractivity contribution in [2.24, 2.45) is 0 Å². The molecule has 0 amide bonds. The monoisotopic (exact) mass is 357 g/mol. The van der Waals surface area contributed by atoms with Crippen LogP contribution in [0.5, 0.6) is 0 Å².